The summed E-state index contributed by atoms with van der Waals surface area (Å²) in [4.78, 5) is 24.3. The second-order valence-corrected chi connectivity index (χ2v) is 19.8. The van der Waals surface area contributed by atoms with Crippen molar-refractivity contribution in [2.45, 2.75) is 77.6 Å². The van der Waals surface area contributed by atoms with Gasteiger partial charge in [-0.3, -0.25) is 4.90 Å². The van der Waals surface area contributed by atoms with Gasteiger partial charge < -0.3 is 24.0 Å². The number of halogens is 1. The second-order valence-electron chi connectivity index (χ2n) is 14.6. The van der Waals surface area contributed by atoms with E-state index in [-0.39, 0.29) is 5.04 Å². The lowest BCUT2D eigenvalue weighted by Gasteiger charge is -2.39. The Labute approximate surface area is 284 Å². The first-order chi connectivity index (χ1) is 21.9. The van der Waals surface area contributed by atoms with Gasteiger partial charge in [0, 0.05) is 42.5 Å². The fourth-order valence-electron chi connectivity index (χ4n) is 4.94. The molecule has 3 aromatic rings. The number of hydrogen-bond acceptors (Lipinski definition) is 9. The van der Waals surface area contributed by atoms with Crippen LogP contribution in [0.5, 0.6) is 5.75 Å². The summed E-state index contributed by atoms with van der Waals surface area (Å²) in [7, 11) is -0.536. The number of fused-ring (bicyclic) bond motifs is 1. The predicted octanol–water partition coefficient (Wildman–Crippen LogP) is 8.47. The molecule has 4 rings (SSSR count). The molecule has 0 saturated heterocycles. The topological polar surface area (TPSA) is 119 Å². The van der Waals surface area contributed by atoms with Gasteiger partial charge in [-0.05, 0) is 80.9 Å². The quantitative estimate of drug-likeness (QED) is 0.166. The first kappa shape index (κ1) is 36.1. The third kappa shape index (κ3) is 8.43. The lowest BCUT2D eigenvalue weighted by molar-refractivity contribution is 0.0575. The first-order valence-electron chi connectivity index (χ1n) is 15.6. The number of anilines is 3. The van der Waals surface area contributed by atoms with E-state index in [1.807, 2.05) is 26.8 Å². The van der Waals surface area contributed by atoms with Gasteiger partial charge in [0.1, 0.15) is 24.0 Å². The number of ether oxygens (including phenoxy) is 3. The summed E-state index contributed by atoms with van der Waals surface area (Å²) < 4.78 is 23.5. The molecule has 252 valence electrons. The van der Waals surface area contributed by atoms with Gasteiger partial charge in [0.05, 0.1) is 29.2 Å². The molecule has 0 fully saturated rings. The minimum atomic E-state index is -2.15. The minimum absolute atomic E-state index is 0.00265. The number of hydrogen-bond donors (Lipinski definition) is 1. The molecule has 0 saturated carbocycles. The number of carbonyl (C=O) groups excluding carboxylic acids is 1. The van der Waals surface area contributed by atoms with Crippen molar-refractivity contribution in [3.8, 4) is 23.1 Å². The lowest BCUT2D eigenvalue weighted by Crippen LogP contribution is -2.46. The highest BCUT2D eigenvalue weighted by Crippen LogP contribution is 2.47. The van der Waals surface area contributed by atoms with E-state index in [2.05, 4.69) is 57.2 Å². The van der Waals surface area contributed by atoms with Crippen molar-refractivity contribution in [3.63, 3.8) is 0 Å². The maximum absolute atomic E-state index is 13.6. The summed E-state index contributed by atoms with van der Waals surface area (Å²) in [5, 5.41) is 14.1. The van der Waals surface area contributed by atoms with E-state index in [4.69, 9.17) is 35.2 Å². The number of rotatable bonds is 10. The summed E-state index contributed by atoms with van der Waals surface area (Å²) in [5.41, 5.74) is 2.28. The first-order valence-corrected chi connectivity index (χ1v) is 18.9. The molecule has 1 atom stereocenters. The average Bonchev–Trinajstić information content (AvgIpc) is 3.28. The Hall–Kier alpha value is -3.69. The molecule has 12 heteroatoms. The standard InChI is InChI=1S/C35H46ClN5O5Si/c1-33(2,3)46-32(42)41-21-35(7,22-45-47(9,10)34(4,5)6)26-18-23(17-24(20-37)30(26)41)27-13-14-38-31(39-27)40-28-19-25(36)11-12-29(28)44-16-15-43-8/h11-14,17-19H,15-16,21-22H2,1-10H3,(H,38,39,40)/t35-/m0/s1. The Bertz CT molecular complexity index is 1660. The molecule has 1 N–H and O–H groups in total. The maximum Gasteiger partial charge on any atom is 0.414 e. The Morgan fingerprint density at radius 3 is 2.49 bits per heavy atom. The SMILES string of the molecule is COCCOc1ccc(Cl)cc1Nc1nccc(-c2cc(C#N)c3c(c2)[C@](C)(CO[Si](C)(C)C(C)(C)C)CN3C(=O)OC(C)(C)C)n1. The van der Waals surface area contributed by atoms with Gasteiger partial charge >= 0.3 is 6.09 Å². The smallest absolute Gasteiger partial charge is 0.414 e. The molecule has 1 amide bonds. The number of aromatic nitrogens is 2. The number of amides is 1. The Morgan fingerprint density at radius 2 is 1.85 bits per heavy atom. The van der Waals surface area contributed by atoms with Crippen molar-refractivity contribution in [1.29, 1.82) is 5.26 Å². The summed E-state index contributed by atoms with van der Waals surface area (Å²) in [6.07, 6.45) is 1.14. The molecule has 47 heavy (non-hydrogen) atoms. The molecule has 1 aliphatic rings. The maximum atomic E-state index is 13.6. The molecule has 10 nitrogen and oxygen atoms in total. The number of nitrogens with one attached hydrogen (secondary N) is 1. The molecule has 1 aliphatic heterocycles. The molecule has 0 radical (unpaired) electrons. The Balaban J connectivity index is 1.77. The predicted molar refractivity (Wildman–Crippen MR) is 188 cm³/mol. The largest absolute Gasteiger partial charge is 0.489 e. The fourth-order valence-corrected chi connectivity index (χ4v) is 6.23. The van der Waals surface area contributed by atoms with E-state index in [1.54, 1.807) is 48.5 Å². The van der Waals surface area contributed by atoms with Crippen LogP contribution in [0.4, 0.5) is 22.1 Å². The van der Waals surface area contributed by atoms with Crippen LogP contribution in [0, 0.1) is 11.3 Å². The monoisotopic (exact) mass is 679 g/mol. The number of benzene rings is 2. The van der Waals surface area contributed by atoms with Gasteiger partial charge in [-0.1, -0.05) is 39.3 Å². The van der Waals surface area contributed by atoms with Crippen molar-refractivity contribution < 1.29 is 23.4 Å². The summed E-state index contributed by atoms with van der Waals surface area (Å²) in [5.74, 6) is 0.893. The zero-order chi connectivity index (χ0) is 34.8. The molecular weight excluding hydrogens is 634 g/mol. The summed E-state index contributed by atoms with van der Waals surface area (Å²) in [6, 6.07) is 13.1. The second kappa shape index (κ2) is 13.8. The van der Waals surface area contributed by atoms with Gasteiger partial charge in [-0.25, -0.2) is 14.8 Å². The Kier molecular flexibility index (Phi) is 10.6. The highest BCUT2D eigenvalue weighted by Gasteiger charge is 2.47. The number of methoxy groups -OCH3 is 1. The normalized spacial score (nSPS) is 16.4. The molecular formula is C35H46ClN5O5Si. The lowest BCUT2D eigenvalue weighted by atomic mass is 9.83. The van der Waals surface area contributed by atoms with E-state index in [0.717, 1.165) is 5.56 Å². The Morgan fingerprint density at radius 1 is 1.13 bits per heavy atom. The van der Waals surface area contributed by atoms with Crippen molar-refractivity contribution in [1.82, 2.24) is 9.97 Å². The van der Waals surface area contributed by atoms with Gasteiger partial charge in [-0.15, -0.1) is 0 Å². The summed E-state index contributed by atoms with van der Waals surface area (Å²) in [6.45, 7) is 20.0. The molecule has 2 heterocycles. The number of nitrogens with zero attached hydrogens (tertiary/aromatic N) is 4. The van der Waals surface area contributed by atoms with Crippen molar-refractivity contribution in [2.24, 2.45) is 0 Å². The van der Waals surface area contributed by atoms with E-state index in [0.29, 0.717) is 71.3 Å². The minimum Gasteiger partial charge on any atom is -0.489 e. The third-order valence-electron chi connectivity index (χ3n) is 8.51. The van der Waals surface area contributed by atoms with Gasteiger partial charge in [0.25, 0.3) is 0 Å². The van der Waals surface area contributed by atoms with Crippen LogP contribution < -0.4 is 15.0 Å². The van der Waals surface area contributed by atoms with Crippen LogP contribution >= 0.6 is 11.6 Å². The van der Waals surface area contributed by atoms with Gasteiger partial charge in [0.2, 0.25) is 5.95 Å². The zero-order valence-corrected chi connectivity index (χ0v) is 30.8. The fraction of sp³-hybridized carbons (Fsp3) is 0.486. The third-order valence-corrected chi connectivity index (χ3v) is 13.2. The van der Waals surface area contributed by atoms with E-state index >= 15 is 0 Å². The van der Waals surface area contributed by atoms with Crippen molar-refractivity contribution >= 4 is 43.3 Å². The molecule has 0 unspecified atom stereocenters. The van der Waals surface area contributed by atoms with Crippen molar-refractivity contribution in [2.75, 3.05) is 43.7 Å². The number of nitriles is 1. The average molecular weight is 680 g/mol. The van der Waals surface area contributed by atoms with E-state index in [1.165, 1.54) is 0 Å². The highest BCUT2D eigenvalue weighted by atomic mass is 35.5. The summed E-state index contributed by atoms with van der Waals surface area (Å²) >= 11 is 6.30. The van der Waals surface area contributed by atoms with Gasteiger partial charge in [-0.2, -0.15) is 5.26 Å². The van der Waals surface area contributed by atoms with Gasteiger partial charge in [0.15, 0.2) is 8.32 Å². The molecule has 0 bridgehead atoms. The zero-order valence-electron chi connectivity index (χ0n) is 29.1. The van der Waals surface area contributed by atoms with Crippen LogP contribution in [0.15, 0.2) is 42.6 Å². The highest BCUT2D eigenvalue weighted by molar-refractivity contribution is 6.74. The van der Waals surface area contributed by atoms with Crippen molar-refractivity contribution in [3.05, 3.63) is 58.7 Å². The van der Waals surface area contributed by atoms with E-state index in [9.17, 15) is 10.1 Å². The number of carbonyl (C=O) groups is 1. The van der Waals surface area contributed by atoms with Crippen LogP contribution in [0.1, 0.15) is 59.6 Å². The van der Waals surface area contributed by atoms with Crippen LogP contribution in [-0.4, -0.2) is 63.5 Å². The molecule has 0 spiro atoms. The van der Waals surface area contributed by atoms with E-state index < -0.39 is 25.4 Å². The van der Waals surface area contributed by atoms with Crippen LogP contribution in [0.2, 0.25) is 23.2 Å². The molecule has 0 aliphatic carbocycles. The molecule has 1 aromatic heterocycles. The molecule has 2 aromatic carbocycles. The van der Waals surface area contributed by atoms with Crippen LogP contribution in [0.25, 0.3) is 11.3 Å². The van der Waals surface area contributed by atoms with Crippen LogP contribution in [-0.2, 0) is 19.3 Å². The van der Waals surface area contributed by atoms with Crippen LogP contribution in [0.3, 0.4) is 0 Å².